The van der Waals surface area contributed by atoms with Gasteiger partial charge in [0.1, 0.15) is 17.1 Å². The Morgan fingerprint density at radius 2 is 1.80 bits per heavy atom. The molecule has 1 aromatic carbocycles. The molecule has 0 atom stereocenters. The number of nitrogen functional groups attached to an aromatic ring is 1. The quantitative estimate of drug-likeness (QED) is 0.373. The van der Waals surface area contributed by atoms with E-state index in [0.717, 1.165) is 14.7 Å². The van der Waals surface area contributed by atoms with Crippen LogP contribution >= 0.6 is 0 Å². The molecule has 2 rings (SSSR count). The van der Waals surface area contributed by atoms with E-state index in [1.165, 1.54) is 19.2 Å². The van der Waals surface area contributed by atoms with E-state index >= 15 is 0 Å². The van der Waals surface area contributed by atoms with Gasteiger partial charge in [-0.3, -0.25) is 18.7 Å². The molecule has 1 heterocycles. The van der Waals surface area contributed by atoms with Crippen molar-refractivity contribution in [1.29, 1.82) is 0 Å². The second-order valence-electron chi connectivity index (χ2n) is 6.42. The molecule has 160 valence electrons. The van der Waals surface area contributed by atoms with Crippen molar-refractivity contribution in [3.8, 4) is 5.75 Å². The number of carbonyl (C=O) groups is 2. The molecule has 0 aliphatic rings. The molecule has 2 N–H and O–H groups in total. The van der Waals surface area contributed by atoms with E-state index in [0.29, 0.717) is 18.8 Å². The van der Waals surface area contributed by atoms with E-state index in [1.807, 2.05) is 13.8 Å². The van der Waals surface area contributed by atoms with E-state index in [2.05, 4.69) is 0 Å². The first kappa shape index (κ1) is 22.7. The van der Waals surface area contributed by atoms with E-state index in [1.54, 1.807) is 24.3 Å². The lowest BCUT2D eigenvalue weighted by atomic mass is 10.2. The molecule has 0 aliphatic carbocycles. The molecule has 0 radical (unpaired) electrons. The summed E-state index contributed by atoms with van der Waals surface area (Å²) >= 11 is 0. The topological polar surface area (TPSA) is 123 Å². The molecule has 0 bridgehead atoms. The number of rotatable bonds is 9. The van der Waals surface area contributed by atoms with Gasteiger partial charge in [-0.05, 0) is 37.1 Å². The van der Waals surface area contributed by atoms with Crippen LogP contribution in [0.2, 0.25) is 0 Å². The van der Waals surface area contributed by atoms with E-state index < -0.39 is 29.6 Å². The molecule has 0 saturated carbocycles. The number of nitrogens with zero attached hydrogens (tertiary/aromatic N) is 2. The maximum atomic E-state index is 12.5. The molecule has 30 heavy (non-hydrogen) atoms. The molecule has 0 unspecified atom stereocenters. The molecule has 0 spiro atoms. The second kappa shape index (κ2) is 10.2. The molecular formula is C21H25N3O6. The predicted molar refractivity (Wildman–Crippen MR) is 113 cm³/mol. The zero-order valence-corrected chi connectivity index (χ0v) is 17.2. The summed E-state index contributed by atoms with van der Waals surface area (Å²) in [7, 11) is 1.26. The van der Waals surface area contributed by atoms with E-state index in [9.17, 15) is 19.2 Å². The van der Waals surface area contributed by atoms with Crippen molar-refractivity contribution in [1.82, 2.24) is 9.13 Å². The summed E-state index contributed by atoms with van der Waals surface area (Å²) in [4.78, 5) is 48.9. The SMILES string of the molecule is CCCn1c(N)c(C(=O)COC(=O)/C=C/c2ccc(OCC)cc2)c(=O)n(C)c1=O. The highest BCUT2D eigenvalue weighted by molar-refractivity contribution is 6.01. The Kier molecular flexibility index (Phi) is 7.74. The lowest BCUT2D eigenvalue weighted by molar-refractivity contribution is -0.136. The third-order valence-electron chi connectivity index (χ3n) is 4.26. The normalized spacial score (nSPS) is 10.9. The van der Waals surface area contributed by atoms with Gasteiger partial charge in [-0.1, -0.05) is 19.1 Å². The van der Waals surface area contributed by atoms with Crippen molar-refractivity contribution >= 4 is 23.6 Å². The fourth-order valence-corrected chi connectivity index (χ4v) is 2.75. The third-order valence-corrected chi connectivity index (χ3v) is 4.26. The van der Waals surface area contributed by atoms with Crippen LogP contribution in [-0.4, -0.2) is 34.1 Å². The van der Waals surface area contributed by atoms with Crippen LogP contribution in [0.4, 0.5) is 5.82 Å². The fraction of sp³-hybridized carbons (Fsp3) is 0.333. The van der Waals surface area contributed by atoms with Crippen molar-refractivity contribution in [2.75, 3.05) is 18.9 Å². The number of aromatic nitrogens is 2. The first-order chi connectivity index (χ1) is 14.3. The van der Waals surface area contributed by atoms with Gasteiger partial charge in [0, 0.05) is 19.7 Å². The number of ether oxygens (including phenoxy) is 2. The monoisotopic (exact) mass is 415 g/mol. The zero-order valence-electron chi connectivity index (χ0n) is 17.2. The molecule has 0 fully saturated rings. The van der Waals surface area contributed by atoms with Gasteiger partial charge in [0.25, 0.3) is 5.56 Å². The van der Waals surface area contributed by atoms with Crippen LogP contribution in [0.1, 0.15) is 36.2 Å². The maximum Gasteiger partial charge on any atom is 0.332 e. The highest BCUT2D eigenvalue weighted by Gasteiger charge is 2.22. The van der Waals surface area contributed by atoms with Gasteiger partial charge in [-0.25, -0.2) is 9.59 Å². The Morgan fingerprint density at radius 3 is 2.40 bits per heavy atom. The van der Waals surface area contributed by atoms with Crippen molar-refractivity contribution < 1.29 is 19.1 Å². The van der Waals surface area contributed by atoms with Crippen LogP contribution in [0.25, 0.3) is 6.08 Å². The van der Waals surface area contributed by atoms with Gasteiger partial charge < -0.3 is 15.2 Å². The average molecular weight is 415 g/mol. The predicted octanol–water partition coefficient (Wildman–Crippen LogP) is 1.38. The van der Waals surface area contributed by atoms with Gasteiger partial charge in [-0.2, -0.15) is 0 Å². The molecule has 0 amide bonds. The Labute approximate surface area is 173 Å². The summed E-state index contributed by atoms with van der Waals surface area (Å²) in [5.41, 5.74) is 4.83. The molecule has 0 saturated heterocycles. The Morgan fingerprint density at radius 1 is 1.13 bits per heavy atom. The van der Waals surface area contributed by atoms with E-state index in [4.69, 9.17) is 15.2 Å². The van der Waals surface area contributed by atoms with Gasteiger partial charge >= 0.3 is 11.7 Å². The van der Waals surface area contributed by atoms with Crippen LogP contribution in [-0.2, 0) is 23.1 Å². The van der Waals surface area contributed by atoms with Gasteiger partial charge in [0.2, 0.25) is 5.78 Å². The number of nitrogens with two attached hydrogens (primary N) is 1. The minimum absolute atomic E-state index is 0.226. The number of Topliss-reactive ketones (excluding diaryl/α,β-unsaturated/α-hetero) is 1. The molecular weight excluding hydrogens is 390 g/mol. The summed E-state index contributed by atoms with van der Waals surface area (Å²) in [6.45, 7) is 3.85. The Balaban J connectivity index is 2.09. The number of hydrogen-bond donors (Lipinski definition) is 1. The highest BCUT2D eigenvalue weighted by atomic mass is 16.5. The summed E-state index contributed by atoms with van der Waals surface area (Å²) in [6, 6.07) is 7.06. The van der Waals surface area contributed by atoms with Crippen molar-refractivity contribution in [2.24, 2.45) is 7.05 Å². The van der Waals surface area contributed by atoms with Crippen molar-refractivity contribution in [3.63, 3.8) is 0 Å². The van der Waals surface area contributed by atoms with Crippen LogP contribution in [0.3, 0.4) is 0 Å². The van der Waals surface area contributed by atoms with Crippen molar-refractivity contribution in [2.45, 2.75) is 26.8 Å². The number of ketones is 1. The first-order valence-electron chi connectivity index (χ1n) is 9.50. The molecule has 2 aromatic rings. The minimum Gasteiger partial charge on any atom is -0.494 e. The minimum atomic E-state index is -0.823. The Bertz CT molecular complexity index is 1060. The number of carbonyl (C=O) groups excluding carboxylic acids is 2. The lowest BCUT2D eigenvalue weighted by Gasteiger charge is -2.13. The smallest absolute Gasteiger partial charge is 0.332 e. The average Bonchev–Trinajstić information content (AvgIpc) is 2.73. The largest absolute Gasteiger partial charge is 0.494 e. The number of esters is 1. The summed E-state index contributed by atoms with van der Waals surface area (Å²) in [6.07, 6.45) is 3.28. The second-order valence-corrected chi connectivity index (χ2v) is 6.42. The molecule has 9 nitrogen and oxygen atoms in total. The first-order valence-corrected chi connectivity index (χ1v) is 9.50. The Hall–Kier alpha value is -3.62. The number of benzene rings is 1. The van der Waals surface area contributed by atoms with E-state index in [-0.39, 0.29) is 17.9 Å². The van der Waals surface area contributed by atoms with Crippen LogP contribution in [0.5, 0.6) is 5.75 Å². The summed E-state index contributed by atoms with van der Waals surface area (Å²) < 4.78 is 12.2. The third kappa shape index (κ3) is 5.25. The summed E-state index contributed by atoms with van der Waals surface area (Å²) in [5.74, 6) is -1.04. The molecule has 1 aromatic heterocycles. The van der Waals surface area contributed by atoms with Gasteiger partial charge in [0.05, 0.1) is 6.61 Å². The molecule has 0 aliphatic heterocycles. The van der Waals surface area contributed by atoms with Crippen molar-refractivity contribution in [3.05, 3.63) is 62.3 Å². The fourth-order valence-electron chi connectivity index (χ4n) is 2.75. The van der Waals surface area contributed by atoms with Crippen LogP contribution in [0, 0.1) is 0 Å². The maximum absolute atomic E-state index is 12.5. The highest BCUT2D eigenvalue weighted by Crippen LogP contribution is 2.13. The standard InChI is InChI=1S/C21H25N3O6/c1-4-12-24-19(22)18(20(27)23(3)21(24)28)16(25)13-30-17(26)11-8-14-6-9-15(10-7-14)29-5-2/h6-11H,4-5,12-13,22H2,1-3H3/b11-8+. The van der Waals surface area contributed by atoms with Gasteiger partial charge in [0.15, 0.2) is 6.61 Å². The number of anilines is 1. The summed E-state index contributed by atoms with van der Waals surface area (Å²) in [5, 5.41) is 0. The number of hydrogen-bond acceptors (Lipinski definition) is 7. The van der Waals surface area contributed by atoms with Crippen LogP contribution in [0.15, 0.2) is 39.9 Å². The van der Waals surface area contributed by atoms with Gasteiger partial charge in [-0.15, -0.1) is 0 Å². The molecule has 9 heteroatoms. The van der Waals surface area contributed by atoms with Crippen LogP contribution < -0.4 is 21.7 Å². The lowest BCUT2D eigenvalue weighted by Crippen LogP contribution is -2.43. The zero-order chi connectivity index (χ0) is 22.3.